The van der Waals surface area contributed by atoms with Crippen molar-refractivity contribution in [2.45, 2.75) is 0 Å². The summed E-state index contributed by atoms with van der Waals surface area (Å²) in [5.74, 6) is -0.188. The summed E-state index contributed by atoms with van der Waals surface area (Å²) in [5.41, 5.74) is 0. The molecule has 0 saturated carbocycles. The van der Waals surface area contributed by atoms with E-state index in [-0.39, 0.29) is 5.91 Å². The van der Waals surface area contributed by atoms with Crippen LogP contribution in [0.3, 0.4) is 0 Å². The molecule has 1 aromatic heterocycles. The number of rotatable bonds is 3. The molecule has 0 spiro atoms. The molecule has 0 aliphatic rings. The molecule has 0 fully saturated rings. The first-order valence-electron chi connectivity index (χ1n) is 4.90. The smallest absolute Gasteiger partial charge is 0.263 e. The number of halogens is 2. The van der Waals surface area contributed by atoms with Gasteiger partial charge in [0.05, 0.1) is 5.02 Å². The lowest BCUT2D eigenvalue weighted by atomic mass is 10.2. The van der Waals surface area contributed by atoms with E-state index in [1.807, 2.05) is 6.07 Å². The van der Waals surface area contributed by atoms with Gasteiger partial charge in [-0.1, -0.05) is 35.3 Å². The normalized spacial score (nSPS) is 10.5. The third-order valence-electron chi connectivity index (χ3n) is 2.20. The average Bonchev–Trinajstić information content (AvgIpc) is 2.63. The van der Waals surface area contributed by atoms with Gasteiger partial charge in [0.1, 0.15) is 4.88 Å². The Morgan fingerprint density at radius 1 is 1.47 bits per heavy atom. The van der Waals surface area contributed by atoms with Gasteiger partial charge < -0.3 is 5.32 Å². The topological polar surface area (TPSA) is 29.1 Å². The summed E-state index contributed by atoms with van der Waals surface area (Å²) < 4.78 is 0.909. The average molecular weight is 286 g/mol. The second-order valence-corrected chi connectivity index (χ2v) is 5.25. The van der Waals surface area contributed by atoms with Gasteiger partial charge in [0, 0.05) is 21.7 Å². The highest BCUT2D eigenvalue weighted by Crippen LogP contribution is 2.36. The zero-order valence-corrected chi connectivity index (χ0v) is 11.1. The highest BCUT2D eigenvalue weighted by atomic mass is 35.5. The molecule has 0 aliphatic carbocycles. The van der Waals surface area contributed by atoms with Gasteiger partial charge in [0.2, 0.25) is 0 Å². The molecule has 0 aliphatic heterocycles. The van der Waals surface area contributed by atoms with Gasteiger partial charge in [-0.3, -0.25) is 4.79 Å². The monoisotopic (exact) mass is 285 g/mol. The number of fused-ring (bicyclic) bond motifs is 1. The molecule has 1 N–H and O–H groups in total. The summed E-state index contributed by atoms with van der Waals surface area (Å²) in [4.78, 5) is 12.3. The van der Waals surface area contributed by atoms with E-state index in [9.17, 15) is 4.79 Å². The zero-order chi connectivity index (χ0) is 12.4. The van der Waals surface area contributed by atoms with E-state index in [0.29, 0.717) is 21.5 Å². The predicted octanol–water partition coefficient (Wildman–Crippen LogP) is 4.12. The summed E-state index contributed by atoms with van der Waals surface area (Å²) in [7, 11) is 0. The van der Waals surface area contributed by atoms with E-state index in [1.54, 1.807) is 18.2 Å². The predicted molar refractivity (Wildman–Crippen MR) is 74.4 cm³/mol. The molecule has 88 valence electrons. The third kappa shape index (κ3) is 2.46. The third-order valence-corrected chi connectivity index (χ3v) is 4.10. The van der Waals surface area contributed by atoms with Gasteiger partial charge in [-0.25, -0.2) is 0 Å². The van der Waals surface area contributed by atoms with Gasteiger partial charge in [-0.05, 0) is 12.1 Å². The number of hydrogen-bond acceptors (Lipinski definition) is 2. The van der Waals surface area contributed by atoms with Gasteiger partial charge in [-0.15, -0.1) is 17.9 Å². The number of thiophene rings is 1. The summed E-state index contributed by atoms with van der Waals surface area (Å²) in [6, 6.07) is 5.38. The number of hydrogen-bond donors (Lipinski definition) is 1. The van der Waals surface area contributed by atoms with Gasteiger partial charge in [-0.2, -0.15) is 0 Å². The minimum atomic E-state index is -0.188. The highest BCUT2D eigenvalue weighted by molar-refractivity contribution is 7.21. The maximum atomic E-state index is 11.8. The first-order valence-corrected chi connectivity index (χ1v) is 6.47. The van der Waals surface area contributed by atoms with Crippen molar-refractivity contribution >= 4 is 50.5 Å². The van der Waals surface area contributed by atoms with E-state index < -0.39 is 0 Å². The SMILES string of the molecule is C=CCNC(=O)c1sc2cc(Cl)ccc2c1Cl. The van der Waals surface area contributed by atoms with Crippen LogP contribution in [-0.4, -0.2) is 12.5 Å². The maximum Gasteiger partial charge on any atom is 0.263 e. The van der Waals surface area contributed by atoms with Crippen LogP contribution in [0.2, 0.25) is 10.0 Å². The molecule has 0 atom stereocenters. The van der Waals surface area contributed by atoms with Crippen molar-refractivity contribution in [3.63, 3.8) is 0 Å². The largest absolute Gasteiger partial charge is 0.348 e. The van der Waals surface area contributed by atoms with Crippen LogP contribution in [0.5, 0.6) is 0 Å². The van der Waals surface area contributed by atoms with Crippen LogP contribution in [0.15, 0.2) is 30.9 Å². The Morgan fingerprint density at radius 3 is 2.94 bits per heavy atom. The number of nitrogens with one attached hydrogen (secondary N) is 1. The van der Waals surface area contributed by atoms with Crippen molar-refractivity contribution in [3.8, 4) is 0 Å². The quantitative estimate of drug-likeness (QED) is 0.845. The minimum Gasteiger partial charge on any atom is -0.348 e. The molecule has 5 heteroatoms. The lowest BCUT2D eigenvalue weighted by molar-refractivity contribution is 0.0962. The fourth-order valence-electron chi connectivity index (χ4n) is 1.43. The van der Waals surface area contributed by atoms with Gasteiger partial charge in [0.25, 0.3) is 5.91 Å². The van der Waals surface area contributed by atoms with E-state index in [4.69, 9.17) is 23.2 Å². The van der Waals surface area contributed by atoms with Gasteiger partial charge >= 0.3 is 0 Å². The molecule has 0 radical (unpaired) electrons. The first-order chi connectivity index (χ1) is 8.13. The Bertz CT molecular complexity index is 591. The van der Waals surface area contributed by atoms with Crippen LogP contribution in [-0.2, 0) is 0 Å². The van der Waals surface area contributed by atoms with E-state index >= 15 is 0 Å². The Morgan fingerprint density at radius 2 is 2.24 bits per heavy atom. The Labute approximate surface area is 113 Å². The fraction of sp³-hybridized carbons (Fsp3) is 0.0833. The van der Waals surface area contributed by atoms with Crippen molar-refractivity contribution in [1.29, 1.82) is 0 Å². The van der Waals surface area contributed by atoms with Crippen LogP contribution in [0, 0.1) is 0 Å². The summed E-state index contributed by atoms with van der Waals surface area (Å²) in [5, 5.41) is 4.66. The standard InChI is InChI=1S/C12H9Cl2NOS/c1-2-5-15-12(16)11-10(14)8-4-3-7(13)6-9(8)17-11/h2-4,6H,1,5H2,(H,15,16). The lowest BCUT2D eigenvalue weighted by Crippen LogP contribution is -2.22. The molecule has 0 bridgehead atoms. The first kappa shape index (κ1) is 12.4. The van der Waals surface area contributed by atoms with Crippen LogP contribution >= 0.6 is 34.5 Å². The molecular weight excluding hydrogens is 277 g/mol. The van der Waals surface area contributed by atoms with Crippen molar-refractivity contribution in [2.75, 3.05) is 6.54 Å². The molecular formula is C12H9Cl2NOS. The van der Waals surface area contributed by atoms with Crippen LogP contribution < -0.4 is 5.32 Å². The highest BCUT2D eigenvalue weighted by Gasteiger charge is 2.16. The molecule has 1 aromatic carbocycles. The van der Waals surface area contributed by atoms with E-state index in [2.05, 4.69) is 11.9 Å². The summed E-state index contributed by atoms with van der Waals surface area (Å²) in [6.45, 7) is 3.96. The number of carbonyl (C=O) groups is 1. The van der Waals surface area contributed by atoms with E-state index in [1.165, 1.54) is 11.3 Å². The molecule has 1 amide bonds. The molecule has 0 unspecified atom stereocenters. The van der Waals surface area contributed by atoms with Crippen LogP contribution in [0.4, 0.5) is 0 Å². The molecule has 0 saturated heterocycles. The molecule has 2 rings (SSSR count). The van der Waals surface area contributed by atoms with E-state index in [0.717, 1.165) is 10.1 Å². The zero-order valence-electron chi connectivity index (χ0n) is 8.80. The van der Waals surface area contributed by atoms with Crippen molar-refractivity contribution in [1.82, 2.24) is 5.32 Å². The Hall–Kier alpha value is -1.03. The molecule has 1 heterocycles. The summed E-state index contributed by atoms with van der Waals surface area (Å²) >= 11 is 13.4. The Kier molecular flexibility index (Phi) is 3.72. The fourth-order valence-corrected chi connectivity index (χ4v) is 3.14. The number of carbonyl (C=O) groups excluding carboxylic acids is 1. The lowest BCUT2D eigenvalue weighted by Gasteiger charge is -1.98. The van der Waals surface area contributed by atoms with Crippen molar-refractivity contribution in [2.24, 2.45) is 0 Å². The second-order valence-electron chi connectivity index (χ2n) is 3.38. The van der Waals surface area contributed by atoms with Crippen LogP contribution in [0.1, 0.15) is 9.67 Å². The minimum absolute atomic E-state index is 0.188. The maximum absolute atomic E-state index is 11.8. The van der Waals surface area contributed by atoms with Crippen LogP contribution in [0.25, 0.3) is 10.1 Å². The Balaban J connectivity index is 2.44. The van der Waals surface area contributed by atoms with Gasteiger partial charge in [0.15, 0.2) is 0 Å². The van der Waals surface area contributed by atoms with Crippen molar-refractivity contribution < 1.29 is 4.79 Å². The summed E-state index contributed by atoms with van der Waals surface area (Å²) in [6.07, 6.45) is 1.62. The second kappa shape index (κ2) is 5.08. The number of benzene rings is 1. The molecule has 2 nitrogen and oxygen atoms in total. The molecule has 17 heavy (non-hydrogen) atoms. The molecule has 2 aromatic rings. The van der Waals surface area contributed by atoms with Crippen molar-refractivity contribution in [3.05, 3.63) is 45.8 Å². The number of amides is 1.